The van der Waals surface area contributed by atoms with Gasteiger partial charge in [0, 0.05) is 25.4 Å². The van der Waals surface area contributed by atoms with Crippen LogP contribution in [0.2, 0.25) is 0 Å². The zero-order valence-corrected chi connectivity index (χ0v) is 17.6. The van der Waals surface area contributed by atoms with E-state index in [1.807, 2.05) is 31.2 Å². The van der Waals surface area contributed by atoms with Gasteiger partial charge in [0.2, 0.25) is 10.0 Å². The molecular weight excluding hydrogens is 382 g/mol. The summed E-state index contributed by atoms with van der Waals surface area (Å²) in [5, 5.41) is 10.8. The summed E-state index contributed by atoms with van der Waals surface area (Å²) in [4.78, 5) is 0. The lowest BCUT2D eigenvalue weighted by molar-refractivity contribution is 0.318. The van der Waals surface area contributed by atoms with Gasteiger partial charge in [0.15, 0.2) is 0 Å². The molecule has 1 saturated heterocycles. The van der Waals surface area contributed by atoms with Crippen molar-refractivity contribution in [3.63, 3.8) is 0 Å². The molecule has 0 spiro atoms. The topological polar surface area (TPSA) is 72.4 Å². The standard InChI is InChI=1S/C19H27N3O3S2/c1-3-4-13-27(23,24)22-11-9-16(10-12-22)19-21-20-18(26-19)14-15-5-7-17(25-2)8-6-15/h5-8,16H,3-4,9-14H2,1-2H3. The summed E-state index contributed by atoms with van der Waals surface area (Å²) >= 11 is 1.65. The quantitative estimate of drug-likeness (QED) is 0.668. The number of rotatable bonds is 8. The molecular formula is C19H27N3O3S2. The second-order valence-electron chi connectivity index (χ2n) is 6.90. The second-order valence-corrected chi connectivity index (χ2v) is 10.1. The van der Waals surface area contributed by atoms with Gasteiger partial charge in [-0.1, -0.05) is 25.5 Å². The van der Waals surface area contributed by atoms with Gasteiger partial charge in [0.1, 0.15) is 15.8 Å². The minimum Gasteiger partial charge on any atom is -0.497 e. The normalized spacial score (nSPS) is 16.5. The highest BCUT2D eigenvalue weighted by molar-refractivity contribution is 7.89. The lowest BCUT2D eigenvalue weighted by Crippen LogP contribution is -2.39. The smallest absolute Gasteiger partial charge is 0.214 e. The molecule has 0 amide bonds. The molecule has 148 valence electrons. The van der Waals surface area contributed by atoms with Crippen LogP contribution in [0, 0.1) is 0 Å². The molecule has 0 saturated carbocycles. The predicted molar refractivity (Wildman–Crippen MR) is 108 cm³/mol. The average molecular weight is 410 g/mol. The summed E-state index contributed by atoms with van der Waals surface area (Å²) < 4.78 is 31.5. The zero-order valence-electron chi connectivity index (χ0n) is 15.9. The number of methoxy groups -OCH3 is 1. The van der Waals surface area contributed by atoms with Crippen molar-refractivity contribution in [3.05, 3.63) is 39.8 Å². The fourth-order valence-corrected chi connectivity index (χ4v) is 5.98. The lowest BCUT2D eigenvalue weighted by Gasteiger charge is -2.30. The lowest BCUT2D eigenvalue weighted by atomic mass is 9.99. The largest absolute Gasteiger partial charge is 0.497 e. The van der Waals surface area contributed by atoms with Crippen molar-refractivity contribution in [2.24, 2.45) is 0 Å². The Kier molecular flexibility index (Phi) is 6.83. The molecule has 27 heavy (non-hydrogen) atoms. The maximum atomic E-state index is 12.3. The molecule has 8 heteroatoms. The van der Waals surface area contributed by atoms with Crippen molar-refractivity contribution in [2.75, 3.05) is 26.0 Å². The summed E-state index contributed by atoms with van der Waals surface area (Å²) in [7, 11) is -1.44. The van der Waals surface area contributed by atoms with Crippen LogP contribution in [0.25, 0.3) is 0 Å². The van der Waals surface area contributed by atoms with Gasteiger partial charge in [-0.15, -0.1) is 21.5 Å². The van der Waals surface area contributed by atoms with E-state index in [0.29, 0.717) is 19.0 Å². The molecule has 3 rings (SSSR count). The average Bonchev–Trinajstić information content (AvgIpc) is 3.15. The van der Waals surface area contributed by atoms with Gasteiger partial charge in [-0.25, -0.2) is 12.7 Å². The van der Waals surface area contributed by atoms with Crippen molar-refractivity contribution in [1.82, 2.24) is 14.5 Å². The number of piperidine rings is 1. The monoisotopic (exact) mass is 409 g/mol. The predicted octanol–water partition coefficient (Wildman–Crippen LogP) is 3.45. The van der Waals surface area contributed by atoms with Gasteiger partial charge in [-0.05, 0) is 37.0 Å². The number of benzene rings is 1. The molecule has 2 heterocycles. The van der Waals surface area contributed by atoms with Crippen molar-refractivity contribution < 1.29 is 13.2 Å². The first-order valence-corrected chi connectivity index (χ1v) is 11.9. The molecule has 0 bridgehead atoms. The Morgan fingerprint density at radius 2 is 1.89 bits per heavy atom. The van der Waals surface area contributed by atoms with Crippen LogP contribution >= 0.6 is 11.3 Å². The van der Waals surface area contributed by atoms with Gasteiger partial charge in [0.05, 0.1) is 12.9 Å². The third-order valence-corrected chi connectivity index (χ3v) is 7.99. The Labute approximate surface area is 165 Å². The van der Waals surface area contributed by atoms with Gasteiger partial charge in [-0.2, -0.15) is 0 Å². The van der Waals surface area contributed by atoms with Crippen LogP contribution in [0.4, 0.5) is 0 Å². The third kappa shape index (κ3) is 5.27. The van der Waals surface area contributed by atoms with Crippen molar-refractivity contribution >= 4 is 21.4 Å². The van der Waals surface area contributed by atoms with E-state index in [2.05, 4.69) is 10.2 Å². The van der Waals surface area contributed by atoms with Gasteiger partial charge >= 0.3 is 0 Å². The van der Waals surface area contributed by atoms with E-state index in [1.54, 1.807) is 22.8 Å². The Balaban J connectivity index is 1.56. The van der Waals surface area contributed by atoms with E-state index < -0.39 is 10.0 Å². The van der Waals surface area contributed by atoms with Crippen LogP contribution in [-0.2, 0) is 16.4 Å². The number of nitrogens with zero attached hydrogens (tertiary/aromatic N) is 3. The molecule has 1 fully saturated rings. The molecule has 1 aromatic heterocycles. The Morgan fingerprint density at radius 1 is 1.19 bits per heavy atom. The zero-order chi connectivity index (χ0) is 19.3. The number of hydrogen-bond acceptors (Lipinski definition) is 6. The molecule has 1 aromatic carbocycles. The Hall–Kier alpha value is -1.51. The highest BCUT2D eigenvalue weighted by Crippen LogP contribution is 2.32. The van der Waals surface area contributed by atoms with E-state index in [-0.39, 0.29) is 5.75 Å². The minimum absolute atomic E-state index is 0.263. The molecule has 0 N–H and O–H groups in total. The number of hydrogen-bond donors (Lipinski definition) is 0. The van der Waals surface area contributed by atoms with E-state index in [4.69, 9.17) is 4.74 Å². The number of ether oxygens (including phenoxy) is 1. The number of aromatic nitrogens is 2. The van der Waals surface area contributed by atoms with E-state index in [9.17, 15) is 8.42 Å². The van der Waals surface area contributed by atoms with Gasteiger partial charge < -0.3 is 4.74 Å². The Bertz CT molecular complexity index is 826. The first-order valence-electron chi connectivity index (χ1n) is 9.45. The molecule has 0 aliphatic carbocycles. The van der Waals surface area contributed by atoms with E-state index >= 15 is 0 Å². The van der Waals surface area contributed by atoms with Gasteiger partial charge in [-0.3, -0.25) is 0 Å². The third-order valence-electron chi connectivity index (χ3n) is 4.95. The van der Waals surface area contributed by atoms with Crippen LogP contribution in [-0.4, -0.2) is 48.9 Å². The van der Waals surface area contributed by atoms with Crippen molar-refractivity contribution in [1.29, 1.82) is 0 Å². The molecule has 1 aliphatic heterocycles. The molecule has 6 nitrogen and oxygen atoms in total. The van der Waals surface area contributed by atoms with Gasteiger partial charge in [0.25, 0.3) is 0 Å². The van der Waals surface area contributed by atoms with Crippen molar-refractivity contribution in [2.45, 2.75) is 44.9 Å². The highest BCUT2D eigenvalue weighted by Gasteiger charge is 2.29. The summed E-state index contributed by atoms with van der Waals surface area (Å²) in [5.41, 5.74) is 1.18. The number of sulfonamides is 1. The molecule has 0 radical (unpaired) electrons. The first kappa shape index (κ1) is 20.2. The number of unbranched alkanes of at least 4 members (excludes halogenated alkanes) is 1. The SMILES string of the molecule is CCCCS(=O)(=O)N1CCC(c2nnc(Cc3ccc(OC)cc3)s2)CC1. The maximum Gasteiger partial charge on any atom is 0.214 e. The fourth-order valence-electron chi connectivity index (χ4n) is 3.26. The molecule has 2 aromatic rings. The highest BCUT2D eigenvalue weighted by atomic mass is 32.2. The summed E-state index contributed by atoms with van der Waals surface area (Å²) in [6, 6.07) is 7.98. The van der Waals surface area contributed by atoms with Crippen LogP contribution in [0.15, 0.2) is 24.3 Å². The minimum atomic E-state index is -3.10. The Morgan fingerprint density at radius 3 is 2.52 bits per heavy atom. The fraction of sp³-hybridized carbons (Fsp3) is 0.579. The van der Waals surface area contributed by atoms with Crippen molar-refractivity contribution in [3.8, 4) is 5.75 Å². The molecule has 0 atom stereocenters. The van der Waals surface area contributed by atoms with Crippen LogP contribution in [0.5, 0.6) is 5.75 Å². The van der Waals surface area contributed by atoms with Crippen LogP contribution in [0.3, 0.4) is 0 Å². The molecule has 0 unspecified atom stereocenters. The van der Waals surface area contributed by atoms with E-state index in [1.165, 1.54) is 5.56 Å². The summed E-state index contributed by atoms with van der Waals surface area (Å²) in [6.07, 6.45) is 4.03. The van der Waals surface area contributed by atoms with Crippen LogP contribution < -0.4 is 4.74 Å². The summed E-state index contributed by atoms with van der Waals surface area (Å²) in [5.74, 6) is 1.42. The maximum absolute atomic E-state index is 12.3. The summed E-state index contributed by atoms with van der Waals surface area (Å²) in [6.45, 7) is 3.19. The second kappa shape index (κ2) is 9.12. The first-order chi connectivity index (χ1) is 13.0. The molecule has 1 aliphatic rings. The van der Waals surface area contributed by atoms with E-state index in [0.717, 1.165) is 47.9 Å². The van der Waals surface area contributed by atoms with Crippen LogP contribution in [0.1, 0.15) is 54.1 Å².